The Hall–Kier alpha value is -0.420. The van der Waals surface area contributed by atoms with Gasteiger partial charge in [-0.2, -0.15) is 0 Å². The summed E-state index contributed by atoms with van der Waals surface area (Å²) in [4.78, 5) is 0. The number of hydrogen-bond acceptors (Lipinski definition) is 2. The molecule has 2 aliphatic rings. The Labute approximate surface area is 173 Å². The molecule has 0 heterocycles. The Morgan fingerprint density at radius 3 is 1.92 bits per heavy atom. The molecule has 2 nitrogen and oxygen atoms in total. The third-order valence-corrected chi connectivity index (χ3v) is 7.26. The summed E-state index contributed by atoms with van der Waals surface area (Å²) in [7, 11) is 0. The molecular formula is C22H28Br2O2. The van der Waals surface area contributed by atoms with Gasteiger partial charge in [-0.1, -0.05) is 97.7 Å². The van der Waals surface area contributed by atoms with Crippen LogP contribution in [-0.2, 0) is 11.2 Å². The van der Waals surface area contributed by atoms with Gasteiger partial charge in [0.1, 0.15) is 11.2 Å². The van der Waals surface area contributed by atoms with E-state index in [1.54, 1.807) is 0 Å². The number of aliphatic hydroxyl groups is 2. The maximum atomic E-state index is 12.1. The van der Waals surface area contributed by atoms with Gasteiger partial charge >= 0.3 is 0 Å². The molecule has 0 spiro atoms. The second-order valence-corrected chi connectivity index (χ2v) is 11.5. The van der Waals surface area contributed by atoms with Gasteiger partial charge in [0.25, 0.3) is 0 Å². The van der Waals surface area contributed by atoms with E-state index in [1.165, 1.54) is 0 Å². The van der Waals surface area contributed by atoms with E-state index in [4.69, 9.17) is 0 Å². The van der Waals surface area contributed by atoms with Crippen molar-refractivity contribution in [2.45, 2.75) is 52.7 Å². The standard InChI is InChI=1S/C22H28Br2O2/c1-19(2,3)21(25)15-9-7-14(24)12-18(15)22(26,20(4,5)6)16-10-8-13(23)11-17(16)21/h7-12,15,18,25-26H,1-6H3. The largest absolute Gasteiger partial charge is 0.384 e. The average molecular weight is 484 g/mol. The smallest absolute Gasteiger partial charge is 0.102 e. The van der Waals surface area contributed by atoms with Crippen molar-refractivity contribution in [2.75, 3.05) is 0 Å². The molecule has 1 aromatic carbocycles. The van der Waals surface area contributed by atoms with Crippen LogP contribution in [0.15, 0.2) is 45.4 Å². The van der Waals surface area contributed by atoms with Crippen LogP contribution in [0.3, 0.4) is 0 Å². The molecular weight excluding hydrogens is 456 g/mol. The minimum Gasteiger partial charge on any atom is -0.384 e. The summed E-state index contributed by atoms with van der Waals surface area (Å²) in [5.74, 6) is -0.463. The molecule has 0 fully saturated rings. The summed E-state index contributed by atoms with van der Waals surface area (Å²) in [5.41, 5.74) is -1.39. The van der Waals surface area contributed by atoms with Gasteiger partial charge in [-0.25, -0.2) is 0 Å². The van der Waals surface area contributed by atoms with Gasteiger partial charge in [-0.15, -0.1) is 0 Å². The zero-order valence-electron chi connectivity index (χ0n) is 16.3. The van der Waals surface area contributed by atoms with Crippen LogP contribution in [0.4, 0.5) is 0 Å². The summed E-state index contributed by atoms with van der Waals surface area (Å²) in [6, 6.07) is 5.91. The van der Waals surface area contributed by atoms with Crippen molar-refractivity contribution in [3.8, 4) is 0 Å². The molecule has 0 aliphatic heterocycles. The van der Waals surface area contributed by atoms with Crippen LogP contribution in [0.2, 0.25) is 0 Å². The molecule has 0 amide bonds. The predicted octanol–water partition coefficient (Wildman–Crippen LogP) is 6.01. The molecule has 4 unspecified atom stereocenters. The van der Waals surface area contributed by atoms with Crippen molar-refractivity contribution >= 4 is 31.9 Å². The van der Waals surface area contributed by atoms with Gasteiger partial charge in [0, 0.05) is 20.8 Å². The first-order valence-electron chi connectivity index (χ1n) is 9.05. The number of hydrogen-bond donors (Lipinski definition) is 2. The zero-order chi connectivity index (χ0) is 19.7. The fraction of sp³-hybridized carbons (Fsp3) is 0.545. The molecule has 0 saturated heterocycles. The Morgan fingerprint density at radius 1 is 0.846 bits per heavy atom. The highest BCUT2D eigenvalue weighted by Gasteiger charge is 2.63. The van der Waals surface area contributed by atoms with Gasteiger partial charge in [0.05, 0.1) is 0 Å². The molecule has 2 N–H and O–H groups in total. The summed E-state index contributed by atoms with van der Waals surface area (Å²) < 4.78 is 1.85. The summed E-state index contributed by atoms with van der Waals surface area (Å²) in [6.45, 7) is 12.4. The highest BCUT2D eigenvalue weighted by atomic mass is 79.9. The molecule has 26 heavy (non-hydrogen) atoms. The molecule has 2 aliphatic carbocycles. The number of benzene rings is 1. The lowest BCUT2D eigenvalue weighted by Crippen LogP contribution is -2.61. The quantitative estimate of drug-likeness (QED) is 0.474. The summed E-state index contributed by atoms with van der Waals surface area (Å²) in [5, 5.41) is 24.3. The third kappa shape index (κ3) is 2.63. The maximum absolute atomic E-state index is 12.1. The monoisotopic (exact) mass is 482 g/mol. The number of rotatable bonds is 0. The predicted molar refractivity (Wildman–Crippen MR) is 114 cm³/mol. The molecule has 0 saturated carbocycles. The van der Waals surface area contributed by atoms with Gasteiger partial charge in [0.15, 0.2) is 0 Å². The zero-order valence-corrected chi connectivity index (χ0v) is 19.4. The SMILES string of the molecule is CC(C)(C)C1(O)c2ccc(Br)cc2C(O)(C(C)(C)C)C2C=CC(Br)=CC21. The van der Waals surface area contributed by atoms with Crippen molar-refractivity contribution < 1.29 is 10.2 Å². The van der Waals surface area contributed by atoms with E-state index in [2.05, 4.69) is 85.6 Å². The van der Waals surface area contributed by atoms with Crippen molar-refractivity contribution in [1.82, 2.24) is 0 Å². The van der Waals surface area contributed by atoms with Gasteiger partial charge in [-0.3, -0.25) is 0 Å². The first kappa shape index (κ1) is 20.3. The lowest BCUT2D eigenvalue weighted by atomic mass is 9.48. The molecule has 4 atom stereocenters. The van der Waals surface area contributed by atoms with E-state index < -0.39 is 22.0 Å². The van der Waals surface area contributed by atoms with Crippen LogP contribution in [0.25, 0.3) is 0 Å². The Bertz CT molecular complexity index is 797. The van der Waals surface area contributed by atoms with Crippen LogP contribution in [-0.4, -0.2) is 10.2 Å². The highest BCUT2D eigenvalue weighted by Crippen LogP contribution is 2.63. The first-order chi connectivity index (χ1) is 11.7. The number of fused-ring (bicyclic) bond motifs is 2. The second kappa shape index (κ2) is 6.04. The average Bonchev–Trinajstić information content (AvgIpc) is 2.50. The Kier molecular flexibility index (Phi) is 4.72. The van der Waals surface area contributed by atoms with E-state index in [1.807, 2.05) is 24.3 Å². The normalized spacial score (nSPS) is 34.2. The minimum absolute atomic E-state index is 0.227. The van der Waals surface area contributed by atoms with E-state index >= 15 is 0 Å². The Balaban J connectivity index is 2.45. The maximum Gasteiger partial charge on any atom is 0.102 e. The summed E-state index contributed by atoms with van der Waals surface area (Å²) in [6.07, 6.45) is 6.11. The fourth-order valence-corrected chi connectivity index (χ4v) is 5.56. The Morgan fingerprint density at radius 2 is 1.38 bits per heavy atom. The lowest BCUT2D eigenvalue weighted by molar-refractivity contribution is -0.190. The molecule has 142 valence electrons. The first-order valence-corrected chi connectivity index (χ1v) is 10.6. The second-order valence-electron chi connectivity index (χ2n) is 9.68. The lowest BCUT2D eigenvalue weighted by Gasteiger charge is -2.60. The van der Waals surface area contributed by atoms with Crippen molar-refractivity contribution in [3.05, 3.63) is 56.5 Å². The van der Waals surface area contributed by atoms with Crippen molar-refractivity contribution in [3.63, 3.8) is 0 Å². The molecule has 1 aromatic rings. The van der Waals surface area contributed by atoms with Crippen LogP contribution >= 0.6 is 31.9 Å². The van der Waals surface area contributed by atoms with Crippen LogP contribution < -0.4 is 0 Å². The van der Waals surface area contributed by atoms with Gasteiger partial charge in [-0.05, 0) is 34.1 Å². The summed E-state index contributed by atoms with van der Waals surface area (Å²) >= 11 is 7.15. The van der Waals surface area contributed by atoms with Gasteiger partial charge < -0.3 is 10.2 Å². The highest BCUT2D eigenvalue weighted by molar-refractivity contribution is 9.12. The van der Waals surface area contributed by atoms with Crippen LogP contribution in [0.1, 0.15) is 52.7 Å². The van der Waals surface area contributed by atoms with Crippen molar-refractivity contribution in [2.24, 2.45) is 22.7 Å². The van der Waals surface area contributed by atoms with E-state index in [9.17, 15) is 10.2 Å². The topological polar surface area (TPSA) is 40.5 Å². The van der Waals surface area contributed by atoms with E-state index in [-0.39, 0.29) is 11.8 Å². The van der Waals surface area contributed by atoms with Crippen LogP contribution in [0.5, 0.6) is 0 Å². The van der Waals surface area contributed by atoms with Gasteiger partial charge in [0.2, 0.25) is 0 Å². The van der Waals surface area contributed by atoms with E-state index in [0.29, 0.717) is 0 Å². The molecule has 0 radical (unpaired) electrons. The molecule has 4 heteroatoms. The third-order valence-electron chi connectivity index (χ3n) is 6.24. The molecule has 0 aromatic heterocycles. The molecule has 3 rings (SSSR count). The van der Waals surface area contributed by atoms with Crippen molar-refractivity contribution in [1.29, 1.82) is 0 Å². The fourth-order valence-electron chi connectivity index (χ4n) is 4.76. The minimum atomic E-state index is -1.10. The number of allylic oxidation sites excluding steroid dienone is 2. The number of halogens is 2. The van der Waals surface area contributed by atoms with E-state index in [0.717, 1.165) is 20.1 Å². The molecule has 0 bridgehead atoms. The van der Waals surface area contributed by atoms with Crippen LogP contribution in [0, 0.1) is 22.7 Å².